The van der Waals surface area contributed by atoms with E-state index in [9.17, 15) is 18.8 Å². The van der Waals surface area contributed by atoms with Crippen molar-refractivity contribution in [2.75, 3.05) is 4.90 Å². The maximum Gasteiger partial charge on any atom is 0.335 e. The summed E-state index contributed by atoms with van der Waals surface area (Å²) in [7, 11) is 0. The van der Waals surface area contributed by atoms with Crippen LogP contribution < -0.4 is 15.0 Å². The highest BCUT2D eigenvalue weighted by atomic mass is 35.5. The highest BCUT2D eigenvalue weighted by molar-refractivity contribution is 6.39. The fourth-order valence-corrected chi connectivity index (χ4v) is 3.81. The second kappa shape index (κ2) is 9.89. The second-order valence-electron chi connectivity index (χ2n) is 7.51. The van der Waals surface area contributed by atoms with Crippen LogP contribution in [0.4, 0.5) is 14.9 Å². The number of urea groups is 1. The van der Waals surface area contributed by atoms with Crippen molar-refractivity contribution < 1.29 is 23.5 Å². The van der Waals surface area contributed by atoms with E-state index in [2.05, 4.69) is 5.32 Å². The summed E-state index contributed by atoms with van der Waals surface area (Å²) in [5.41, 5.74) is 1.84. The molecule has 8 heteroatoms. The minimum atomic E-state index is -0.803. The lowest BCUT2D eigenvalue weighted by molar-refractivity contribution is -0.122. The highest BCUT2D eigenvalue weighted by Gasteiger charge is 2.37. The van der Waals surface area contributed by atoms with Crippen LogP contribution in [-0.4, -0.2) is 17.8 Å². The Morgan fingerprint density at radius 3 is 2.41 bits per heavy atom. The number of nitrogens with zero attached hydrogens (tertiary/aromatic N) is 1. The number of anilines is 1. The van der Waals surface area contributed by atoms with Crippen molar-refractivity contribution in [3.63, 3.8) is 0 Å². The summed E-state index contributed by atoms with van der Waals surface area (Å²) in [6.45, 7) is 1.90. The minimum Gasteiger partial charge on any atom is -0.487 e. The van der Waals surface area contributed by atoms with Crippen LogP contribution in [0.5, 0.6) is 5.75 Å². The van der Waals surface area contributed by atoms with Crippen LogP contribution in [0.1, 0.15) is 23.6 Å². The van der Waals surface area contributed by atoms with Crippen LogP contribution in [0.15, 0.2) is 72.3 Å². The molecule has 1 aliphatic heterocycles. The molecule has 1 heterocycles. The van der Waals surface area contributed by atoms with Gasteiger partial charge < -0.3 is 4.74 Å². The molecule has 0 spiro atoms. The minimum absolute atomic E-state index is 0.0123. The summed E-state index contributed by atoms with van der Waals surface area (Å²) in [6, 6.07) is 17.1. The molecule has 6 nitrogen and oxygen atoms in total. The molecular weight excluding hydrogens is 459 g/mol. The Kier molecular flexibility index (Phi) is 6.75. The van der Waals surface area contributed by atoms with Crippen LogP contribution in [0.3, 0.4) is 0 Å². The highest BCUT2D eigenvalue weighted by Crippen LogP contribution is 2.29. The van der Waals surface area contributed by atoms with E-state index in [0.717, 1.165) is 10.5 Å². The molecule has 172 valence electrons. The molecule has 1 aliphatic rings. The standard InChI is InChI=1S/C26H20ClFN2O4/c1-2-17-7-4-6-10-22(17)30-25(32)19(24(31)29-26(30)33)13-16-11-12-23(20(27)14-16)34-15-18-8-3-5-9-21(18)28/h3-14H,2,15H2,1H3,(H,29,31,33)/b19-13-. The Hall–Kier alpha value is -3.97. The zero-order valence-electron chi connectivity index (χ0n) is 18.2. The molecule has 0 atom stereocenters. The Morgan fingerprint density at radius 1 is 1.00 bits per heavy atom. The molecule has 3 aromatic rings. The van der Waals surface area contributed by atoms with Gasteiger partial charge in [-0.1, -0.05) is 61.0 Å². The zero-order chi connectivity index (χ0) is 24.2. The number of carbonyl (C=O) groups is 3. The smallest absolute Gasteiger partial charge is 0.335 e. The van der Waals surface area contributed by atoms with Crippen molar-refractivity contribution in [1.82, 2.24) is 5.32 Å². The maximum atomic E-state index is 13.8. The predicted molar refractivity (Wildman–Crippen MR) is 127 cm³/mol. The first-order chi connectivity index (χ1) is 16.4. The molecule has 0 unspecified atom stereocenters. The van der Waals surface area contributed by atoms with Gasteiger partial charge in [-0.2, -0.15) is 0 Å². The summed E-state index contributed by atoms with van der Waals surface area (Å²) in [5.74, 6) is -1.59. The van der Waals surface area contributed by atoms with Crippen molar-refractivity contribution >= 4 is 41.2 Å². The molecule has 34 heavy (non-hydrogen) atoms. The first kappa shape index (κ1) is 23.2. The predicted octanol–water partition coefficient (Wildman–Crippen LogP) is 5.29. The van der Waals surface area contributed by atoms with Gasteiger partial charge >= 0.3 is 6.03 Å². The van der Waals surface area contributed by atoms with Gasteiger partial charge in [-0.15, -0.1) is 0 Å². The van der Waals surface area contributed by atoms with E-state index < -0.39 is 17.8 Å². The van der Waals surface area contributed by atoms with Crippen molar-refractivity contribution in [3.05, 3.63) is 99.8 Å². The van der Waals surface area contributed by atoms with Crippen molar-refractivity contribution in [2.45, 2.75) is 20.0 Å². The monoisotopic (exact) mass is 478 g/mol. The Balaban J connectivity index is 1.59. The molecule has 4 amide bonds. The van der Waals surface area contributed by atoms with Crippen LogP contribution in [0, 0.1) is 5.82 Å². The summed E-state index contributed by atoms with van der Waals surface area (Å²) in [6.07, 6.45) is 1.96. The van der Waals surface area contributed by atoms with E-state index in [1.54, 1.807) is 42.5 Å². The van der Waals surface area contributed by atoms with Gasteiger partial charge in [-0.25, -0.2) is 14.1 Å². The van der Waals surface area contributed by atoms with Gasteiger partial charge in [0.25, 0.3) is 11.8 Å². The zero-order valence-corrected chi connectivity index (χ0v) is 18.9. The number of hydrogen-bond acceptors (Lipinski definition) is 4. The van der Waals surface area contributed by atoms with Gasteiger partial charge in [0.05, 0.1) is 10.7 Å². The topological polar surface area (TPSA) is 75.7 Å². The molecule has 1 saturated heterocycles. The SMILES string of the molecule is CCc1ccccc1N1C(=O)NC(=O)/C(=C/c2ccc(OCc3ccccc3F)c(Cl)c2)C1=O. The molecule has 0 aromatic heterocycles. The molecule has 3 aromatic carbocycles. The van der Waals surface area contributed by atoms with E-state index in [4.69, 9.17) is 16.3 Å². The van der Waals surface area contributed by atoms with E-state index >= 15 is 0 Å². The number of hydrogen-bond donors (Lipinski definition) is 1. The average Bonchev–Trinajstić information content (AvgIpc) is 2.82. The van der Waals surface area contributed by atoms with E-state index in [0.29, 0.717) is 29.0 Å². The van der Waals surface area contributed by atoms with Gasteiger partial charge in [-0.05, 0) is 47.9 Å². The van der Waals surface area contributed by atoms with Crippen LogP contribution in [0.2, 0.25) is 5.02 Å². The maximum absolute atomic E-state index is 13.8. The number of amides is 4. The first-order valence-corrected chi connectivity index (χ1v) is 10.9. The number of halogens is 2. The molecule has 0 saturated carbocycles. The van der Waals surface area contributed by atoms with Gasteiger partial charge in [0.2, 0.25) is 0 Å². The van der Waals surface area contributed by atoms with E-state index in [1.165, 1.54) is 18.2 Å². The number of barbiturate groups is 1. The van der Waals surface area contributed by atoms with Crippen molar-refractivity contribution in [3.8, 4) is 5.75 Å². The molecule has 0 bridgehead atoms. The Morgan fingerprint density at radius 2 is 1.71 bits per heavy atom. The Labute approximate surface area is 200 Å². The molecule has 0 aliphatic carbocycles. The van der Waals surface area contributed by atoms with Crippen LogP contribution in [-0.2, 0) is 22.6 Å². The third-order valence-electron chi connectivity index (χ3n) is 5.32. The number of aryl methyl sites for hydroxylation is 1. The third kappa shape index (κ3) is 4.70. The average molecular weight is 479 g/mol. The van der Waals surface area contributed by atoms with Crippen LogP contribution >= 0.6 is 11.6 Å². The number of ether oxygens (including phenoxy) is 1. The van der Waals surface area contributed by atoms with E-state index in [-0.39, 0.29) is 23.0 Å². The number of imide groups is 2. The van der Waals surface area contributed by atoms with E-state index in [1.807, 2.05) is 19.1 Å². The molecule has 1 N–H and O–H groups in total. The molecule has 0 radical (unpaired) electrons. The lowest BCUT2D eigenvalue weighted by Gasteiger charge is -2.28. The fourth-order valence-electron chi connectivity index (χ4n) is 3.57. The molecule has 1 fully saturated rings. The number of carbonyl (C=O) groups excluding carboxylic acids is 3. The van der Waals surface area contributed by atoms with Crippen molar-refractivity contribution in [1.29, 1.82) is 0 Å². The summed E-state index contributed by atoms with van der Waals surface area (Å²) in [4.78, 5) is 39.0. The normalized spacial score (nSPS) is 15.0. The lowest BCUT2D eigenvalue weighted by Crippen LogP contribution is -2.54. The number of nitrogens with one attached hydrogen (secondary N) is 1. The van der Waals surface area contributed by atoms with Crippen LogP contribution in [0.25, 0.3) is 6.08 Å². The summed E-state index contributed by atoms with van der Waals surface area (Å²) < 4.78 is 19.4. The quantitative estimate of drug-likeness (QED) is 0.386. The lowest BCUT2D eigenvalue weighted by atomic mass is 10.0. The number of benzene rings is 3. The molecular formula is C26H20ClFN2O4. The fraction of sp³-hybridized carbons (Fsp3) is 0.115. The molecule has 4 rings (SSSR count). The first-order valence-electron chi connectivity index (χ1n) is 10.5. The van der Waals surface area contributed by atoms with Gasteiger partial charge in [0, 0.05) is 5.56 Å². The largest absolute Gasteiger partial charge is 0.487 e. The second-order valence-corrected chi connectivity index (χ2v) is 7.92. The number of rotatable bonds is 6. The van der Waals surface area contributed by atoms with Crippen molar-refractivity contribution in [2.24, 2.45) is 0 Å². The van der Waals surface area contributed by atoms with Gasteiger partial charge in [0.15, 0.2) is 0 Å². The third-order valence-corrected chi connectivity index (χ3v) is 5.62. The van der Waals surface area contributed by atoms with Gasteiger partial charge in [-0.3, -0.25) is 14.9 Å². The number of para-hydroxylation sites is 1. The summed E-state index contributed by atoms with van der Waals surface area (Å²) >= 11 is 6.32. The van der Waals surface area contributed by atoms with Gasteiger partial charge in [0.1, 0.15) is 23.7 Å². The summed E-state index contributed by atoms with van der Waals surface area (Å²) in [5, 5.41) is 2.44. The Bertz CT molecular complexity index is 1320.